The molecule has 0 aliphatic carbocycles. The topological polar surface area (TPSA) is 64.4 Å². The van der Waals surface area contributed by atoms with Crippen LogP contribution in [0, 0.1) is 12.8 Å². The highest BCUT2D eigenvalue weighted by atomic mass is 16.5. The van der Waals surface area contributed by atoms with Crippen molar-refractivity contribution in [3.63, 3.8) is 0 Å². The third-order valence-electron chi connectivity index (χ3n) is 3.79. The van der Waals surface area contributed by atoms with E-state index in [9.17, 15) is 4.79 Å². The lowest BCUT2D eigenvalue weighted by atomic mass is 10.0. The molecule has 2 heterocycles. The van der Waals surface area contributed by atoms with Crippen LogP contribution in [0.25, 0.3) is 11.5 Å². The van der Waals surface area contributed by atoms with Gasteiger partial charge in [0, 0.05) is 17.9 Å². The first-order valence-corrected chi connectivity index (χ1v) is 7.14. The van der Waals surface area contributed by atoms with Crippen molar-refractivity contribution in [3.05, 3.63) is 36.2 Å². The molecule has 5 heteroatoms. The van der Waals surface area contributed by atoms with Crippen molar-refractivity contribution in [2.24, 2.45) is 5.92 Å². The van der Waals surface area contributed by atoms with Crippen molar-refractivity contribution in [2.45, 2.75) is 19.8 Å². The molecule has 0 saturated carbocycles. The third kappa shape index (κ3) is 2.97. The first-order valence-electron chi connectivity index (χ1n) is 7.14. The molecule has 1 saturated heterocycles. The van der Waals surface area contributed by atoms with Crippen LogP contribution in [0.2, 0.25) is 0 Å². The molecule has 21 heavy (non-hydrogen) atoms. The summed E-state index contributed by atoms with van der Waals surface area (Å²) in [5.41, 5.74) is 2.63. The van der Waals surface area contributed by atoms with Crippen LogP contribution in [0.3, 0.4) is 0 Å². The Labute approximate surface area is 123 Å². The Morgan fingerprint density at radius 2 is 2.33 bits per heavy atom. The lowest BCUT2D eigenvalue weighted by Gasteiger charge is -2.22. The number of benzene rings is 1. The van der Waals surface area contributed by atoms with Crippen molar-refractivity contribution in [2.75, 3.05) is 18.5 Å². The van der Waals surface area contributed by atoms with Crippen molar-refractivity contribution >= 4 is 11.6 Å². The average molecular weight is 286 g/mol. The predicted molar refractivity (Wildman–Crippen MR) is 78.8 cm³/mol. The van der Waals surface area contributed by atoms with Crippen LogP contribution in [0.15, 0.2) is 35.1 Å². The summed E-state index contributed by atoms with van der Waals surface area (Å²) in [7, 11) is 0. The summed E-state index contributed by atoms with van der Waals surface area (Å²) in [6, 6.07) is 5.71. The van der Waals surface area contributed by atoms with Gasteiger partial charge in [-0.2, -0.15) is 0 Å². The van der Waals surface area contributed by atoms with E-state index in [4.69, 9.17) is 9.15 Å². The molecule has 1 aromatic carbocycles. The number of hydrogen-bond acceptors (Lipinski definition) is 4. The van der Waals surface area contributed by atoms with Crippen molar-refractivity contribution in [1.82, 2.24) is 4.98 Å². The van der Waals surface area contributed by atoms with Crippen LogP contribution in [0.1, 0.15) is 18.4 Å². The highest BCUT2D eigenvalue weighted by Crippen LogP contribution is 2.28. The van der Waals surface area contributed by atoms with Crippen LogP contribution in [0.5, 0.6) is 0 Å². The Morgan fingerprint density at radius 3 is 3.05 bits per heavy atom. The quantitative estimate of drug-likeness (QED) is 0.942. The van der Waals surface area contributed by atoms with Crippen molar-refractivity contribution < 1.29 is 13.9 Å². The second-order valence-electron chi connectivity index (χ2n) is 5.22. The zero-order valence-electron chi connectivity index (χ0n) is 12.0. The predicted octanol–water partition coefficient (Wildman–Crippen LogP) is 3.02. The molecule has 0 radical (unpaired) electrons. The summed E-state index contributed by atoms with van der Waals surface area (Å²) < 4.78 is 10.7. The molecule has 1 aliphatic rings. The third-order valence-corrected chi connectivity index (χ3v) is 3.79. The van der Waals surface area contributed by atoms with Gasteiger partial charge in [-0.1, -0.05) is 6.07 Å². The lowest BCUT2D eigenvalue weighted by Crippen LogP contribution is -2.30. The minimum atomic E-state index is -0.0662. The van der Waals surface area contributed by atoms with Gasteiger partial charge < -0.3 is 14.5 Å². The van der Waals surface area contributed by atoms with Gasteiger partial charge in [-0.25, -0.2) is 4.98 Å². The highest BCUT2D eigenvalue weighted by molar-refractivity contribution is 5.94. The fourth-order valence-electron chi connectivity index (χ4n) is 2.54. The van der Waals surface area contributed by atoms with Gasteiger partial charge in [0.1, 0.15) is 6.26 Å². The van der Waals surface area contributed by atoms with E-state index < -0.39 is 0 Å². The summed E-state index contributed by atoms with van der Waals surface area (Å²) in [6.07, 6.45) is 4.97. The van der Waals surface area contributed by atoms with Crippen molar-refractivity contribution in [3.8, 4) is 11.5 Å². The zero-order valence-corrected chi connectivity index (χ0v) is 12.0. The summed E-state index contributed by atoms with van der Waals surface area (Å²) in [5.74, 6) is 0.510. The van der Waals surface area contributed by atoms with E-state index in [1.54, 1.807) is 12.5 Å². The van der Waals surface area contributed by atoms with Crippen LogP contribution >= 0.6 is 0 Å². The van der Waals surface area contributed by atoms with Gasteiger partial charge in [-0.05, 0) is 37.5 Å². The normalized spacial score (nSPS) is 18.4. The summed E-state index contributed by atoms with van der Waals surface area (Å²) in [6.45, 7) is 3.21. The second kappa shape index (κ2) is 6.10. The number of nitrogens with one attached hydrogen (secondary N) is 1. The fourth-order valence-corrected chi connectivity index (χ4v) is 2.54. The molecule has 1 aromatic heterocycles. The molecule has 3 rings (SSSR count). The monoisotopic (exact) mass is 286 g/mol. The van der Waals surface area contributed by atoms with E-state index in [0.29, 0.717) is 12.5 Å². The van der Waals surface area contributed by atoms with E-state index in [1.807, 2.05) is 25.1 Å². The van der Waals surface area contributed by atoms with Gasteiger partial charge >= 0.3 is 0 Å². The van der Waals surface area contributed by atoms with Gasteiger partial charge in [-0.3, -0.25) is 4.79 Å². The molecule has 1 atom stereocenters. The van der Waals surface area contributed by atoms with Crippen LogP contribution < -0.4 is 5.32 Å². The highest BCUT2D eigenvalue weighted by Gasteiger charge is 2.22. The number of oxazole rings is 1. The number of rotatable bonds is 3. The van der Waals surface area contributed by atoms with Gasteiger partial charge in [-0.15, -0.1) is 0 Å². The van der Waals surface area contributed by atoms with Gasteiger partial charge in [0.2, 0.25) is 11.8 Å². The number of ether oxygens (including phenoxy) is 1. The maximum atomic E-state index is 12.3. The second-order valence-corrected chi connectivity index (χ2v) is 5.22. The minimum Gasteiger partial charge on any atom is -0.445 e. The number of carbonyl (C=O) groups is 1. The van der Waals surface area contributed by atoms with E-state index in [1.165, 1.54) is 0 Å². The molecular weight excluding hydrogens is 268 g/mol. The van der Waals surface area contributed by atoms with Gasteiger partial charge in [0.25, 0.3) is 0 Å². The molecule has 1 fully saturated rings. The summed E-state index contributed by atoms with van der Waals surface area (Å²) >= 11 is 0. The fraction of sp³-hybridized carbons (Fsp3) is 0.375. The number of hydrogen-bond donors (Lipinski definition) is 1. The Balaban J connectivity index is 1.79. The molecule has 110 valence electrons. The number of amides is 1. The van der Waals surface area contributed by atoms with Gasteiger partial charge in [0.15, 0.2) is 0 Å². The Hall–Kier alpha value is -2.14. The zero-order chi connectivity index (χ0) is 14.7. The Kier molecular flexibility index (Phi) is 4.01. The maximum absolute atomic E-state index is 12.3. The standard InChI is InChI=1S/C16H18N2O3/c1-11-13(16-17-7-9-21-16)5-2-6-14(11)18-15(19)12-4-3-8-20-10-12/h2,5-7,9,12H,3-4,8,10H2,1H3,(H,18,19)/t12-/m0/s1. The molecule has 1 amide bonds. The van der Waals surface area contributed by atoms with E-state index >= 15 is 0 Å². The number of aromatic nitrogens is 1. The average Bonchev–Trinajstić information content (AvgIpc) is 3.04. The van der Waals surface area contributed by atoms with Crippen LogP contribution in [-0.4, -0.2) is 24.1 Å². The Bertz CT molecular complexity index is 616. The molecule has 2 aromatic rings. The lowest BCUT2D eigenvalue weighted by molar-refractivity contribution is -0.123. The number of anilines is 1. The molecule has 1 N–H and O–H groups in total. The van der Waals surface area contributed by atoms with E-state index in [-0.39, 0.29) is 11.8 Å². The smallest absolute Gasteiger partial charge is 0.229 e. The van der Waals surface area contributed by atoms with E-state index in [2.05, 4.69) is 10.3 Å². The van der Waals surface area contributed by atoms with Crippen LogP contribution in [-0.2, 0) is 9.53 Å². The molecule has 0 spiro atoms. The SMILES string of the molecule is Cc1c(NC(=O)[C@H]2CCCOC2)cccc1-c1ncco1. The van der Waals surface area contributed by atoms with Crippen molar-refractivity contribution in [1.29, 1.82) is 0 Å². The maximum Gasteiger partial charge on any atom is 0.229 e. The first kappa shape index (κ1) is 13.8. The first-order chi connectivity index (χ1) is 10.3. The number of carbonyl (C=O) groups excluding carboxylic acids is 1. The molecule has 0 bridgehead atoms. The molecule has 1 aliphatic heterocycles. The summed E-state index contributed by atoms with van der Waals surface area (Å²) in [4.78, 5) is 16.4. The summed E-state index contributed by atoms with van der Waals surface area (Å²) in [5, 5.41) is 2.99. The molecular formula is C16H18N2O3. The van der Waals surface area contributed by atoms with Gasteiger partial charge in [0.05, 0.1) is 18.7 Å². The molecule has 5 nitrogen and oxygen atoms in total. The van der Waals surface area contributed by atoms with E-state index in [0.717, 1.165) is 36.3 Å². The number of nitrogens with zero attached hydrogens (tertiary/aromatic N) is 1. The molecule has 0 unspecified atom stereocenters. The minimum absolute atomic E-state index is 0.0161. The van der Waals surface area contributed by atoms with Crippen LogP contribution in [0.4, 0.5) is 5.69 Å². The largest absolute Gasteiger partial charge is 0.445 e. The Morgan fingerprint density at radius 1 is 1.43 bits per heavy atom.